The van der Waals surface area contributed by atoms with E-state index in [2.05, 4.69) is 15.5 Å². The van der Waals surface area contributed by atoms with Gasteiger partial charge < -0.3 is 9.47 Å². The summed E-state index contributed by atoms with van der Waals surface area (Å²) in [6.07, 6.45) is 3.33. The maximum absolute atomic E-state index is 12.2. The lowest BCUT2D eigenvalue weighted by molar-refractivity contribution is 0.0729. The van der Waals surface area contributed by atoms with E-state index in [1.54, 1.807) is 54.9 Å². The van der Waals surface area contributed by atoms with Crippen LogP contribution in [0.4, 0.5) is 5.13 Å². The van der Waals surface area contributed by atoms with Crippen LogP contribution < -0.4 is 14.9 Å². The molecule has 3 rings (SSSR count). The molecule has 7 heteroatoms. The average Bonchev–Trinajstić information content (AvgIpc) is 3.17. The summed E-state index contributed by atoms with van der Waals surface area (Å²) in [7, 11) is 1.52. The van der Waals surface area contributed by atoms with Crippen molar-refractivity contribution in [1.82, 2.24) is 4.98 Å². The van der Waals surface area contributed by atoms with Crippen LogP contribution in [0.5, 0.6) is 11.5 Å². The Morgan fingerprint density at radius 3 is 2.76 bits per heavy atom. The lowest BCUT2D eigenvalue weighted by atomic mass is 10.2. The number of hydrogen-bond acceptors (Lipinski definition) is 7. The summed E-state index contributed by atoms with van der Waals surface area (Å²) >= 11 is 1.45. The van der Waals surface area contributed by atoms with Crippen LogP contribution in [-0.4, -0.2) is 24.3 Å². The summed E-state index contributed by atoms with van der Waals surface area (Å²) in [6, 6.07) is 14.0. The van der Waals surface area contributed by atoms with Crippen molar-refractivity contribution in [1.29, 1.82) is 0 Å². The second kappa shape index (κ2) is 8.07. The topological polar surface area (TPSA) is 72.8 Å². The lowest BCUT2D eigenvalue weighted by Crippen LogP contribution is -2.09. The van der Waals surface area contributed by atoms with Crippen LogP contribution in [0.1, 0.15) is 15.9 Å². The molecule has 126 valence electrons. The Kier molecular flexibility index (Phi) is 5.38. The first-order chi connectivity index (χ1) is 12.3. The molecule has 0 atom stereocenters. The summed E-state index contributed by atoms with van der Waals surface area (Å²) in [6.45, 7) is 0. The van der Waals surface area contributed by atoms with Gasteiger partial charge in [0.25, 0.3) is 0 Å². The third-order valence-electron chi connectivity index (χ3n) is 3.21. The standard InChI is InChI=1S/C18H15N3O3S/c1-23-16-11-13(12-20-21-18-19-9-10-25-18)7-8-15(16)24-17(22)14-5-3-2-4-6-14/h2-12H,1H3,(H,19,21)/b20-12-. The summed E-state index contributed by atoms with van der Waals surface area (Å²) in [5.41, 5.74) is 4.10. The second-order valence-electron chi connectivity index (χ2n) is 4.87. The molecule has 0 fully saturated rings. The van der Waals surface area contributed by atoms with Gasteiger partial charge in [-0.2, -0.15) is 5.10 Å². The van der Waals surface area contributed by atoms with Gasteiger partial charge in [0.05, 0.1) is 18.9 Å². The van der Waals surface area contributed by atoms with Gasteiger partial charge >= 0.3 is 5.97 Å². The summed E-state index contributed by atoms with van der Waals surface area (Å²) in [4.78, 5) is 16.2. The Labute approximate surface area is 148 Å². The Morgan fingerprint density at radius 1 is 1.20 bits per heavy atom. The zero-order chi connectivity index (χ0) is 17.5. The first kappa shape index (κ1) is 16.7. The number of carbonyl (C=O) groups is 1. The molecule has 0 bridgehead atoms. The first-order valence-corrected chi connectivity index (χ1v) is 8.28. The number of benzene rings is 2. The zero-order valence-electron chi connectivity index (χ0n) is 13.4. The van der Waals surface area contributed by atoms with E-state index in [1.165, 1.54) is 18.4 Å². The van der Waals surface area contributed by atoms with E-state index in [9.17, 15) is 4.79 Å². The molecule has 1 aromatic heterocycles. The molecule has 0 aliphatic heterocycles. The van der Waals surface area contributed by atoms with Crippen molar-refractivity contribution in [2.75, 3.05) is 12.5 Å². The number of thiazole rings is 1. The van der Waals surface area contributed by atoms with Crippen molar-refractivity contribution in [3.05, 3.63) is 71.2 Å². The fourth-order valence-electron chi connectivity index (χ4n) is 2.02. The molecule has 0 unspecified atom stereocenters. The molecule has 25 heavy (non-hydrogen) atoms. The van der Waals surface area contributed by atoms with Gasteiger partial charge in [0.15, 0.2) is 11.5 Å². The Hall–Kier alpha value is -3.19. The van der Waals surface area contributed by atoms with Crippen molar-refractivity contribution in [2.24, 2.45) is 5.10 Å². The van der Waals surface area contributed by atoms with E-state index < -0.39 is 5.97 Å². The number of ether oxygens (including phenoxy) is 2. The van der Waals surface area contributed by atoms with Crippen LogP contribution in [0.25, 0.3) is 0 Å². The Bertz CT molecular complexity index is 865. The van der Waals surface area contributed by atoms with E-state index in [0.717, 1.165) is 5.56 Å². The smallest absolute Gasteiger partial charge is 0.343 e. The zero-order valence-corrected chi connectivity index (χ0v) is 14.2. The van der Waals surface area contributed by atoms with Gasteiger partial charge in [0, 0.05) is 11.6 Å². The number of nitrogens with zero attached hydrogens (tertiary/aromatic N) is 2. The number of esters is 1. The van der Waals surface area contributed by atoms with Crippen LogP contribution in [0.15, 0.2) is 65.2 Å². The van der Waals surface area contributed by atoms with Crippen LogP contribution in [0, 0.1) is 0 Å². The summed E-state index contributed by atoms with van der Waals surface area (Å²) in [5, 5.41) is 6.67. The van der Waals surface area contributed by atoms with Gasteiger partial charge in [-0.05, 0) is 35.9 Å². The van der Waals surface area contributed by atoms with Gasteiger partial charge in [-0.25, -0.2) is 9.78 Å². The molecule has 2 aromatic carbocycles. The number of nitrogens with one attached hydrogen (secondary N) is 1. The number of anilines is 1. The number of hydrogen-bond donors (Lipinski definition) is 1. The van der Waals surface area contributed by atoms with Crippen LogP contribution in [-0.2, 0) is 0 Å². The molecule has 1 heterocycles. The van der Waals surface area contributed by atoms with Gasteiger partial charge in [-0.15, -0.1) is 11.3 Å². The van der Waals surface area contributed by atoms with E-state index in [-0.39, 0.29) is 0 Å². The number of rotatable bonds is 6. The molecule has 0 amide bonds. The van der Waals surface area contributed by atoms with Gasteiger partial charge in [0.1, 0.15) is 0 Å². The maximum Gasteiger partial charge on any atom is 0.343 e. The molecule has 6 nitrogen and oxygen atoms in total. The largest absolute Gasteiger partial charge is 0.493 e. The minimum atomic E-state index is -0.439. The van der Waals surface area contributed by atoms with E-state index in [1.807, 2.05) is 11.4 Å². The highest BCUT2D eigenvalue weighted by atomic mass is 32.1. The highest BCUT2D eigenvalue weighted by Crippen LogP contribution is 2.28. The molecule has 0 radical (unpaired) electrons. The number of aromatic nitrogens is 1. The van der Waals surface area contributed by atoms with E-state index >= 15 is 0 Å². The van der Waals surface area contributed by atoms with Crippen molar-refractivity contribution < 1.29 is 14.3 Å². The SMILES string of the molecule is COc1cc(/C=N\Nc2nccs2)ccc1OC(=O)c1ccccc1. The molecule has 0 aliphatic rings. The molecule has 0 spiro atoms. The van der Waals surface area contributed by atoms with E-state index in [4.69, 9.17) is 9.47 Å². The maximum atomic E-state index is 12.2. The average molecular weight is 353 g/mol. The molecular weight excluding hydrogens is 338 g/mol. The quantitative estimate of drug-likeness (QED) is 0.316. The summed E-state index contributed by atoms with van der Waals surface area (Å²) in [5.74, 6) is 0.356. The molecule has 0 aliphatic carbocycles. The number of hydrazone groups is 1. The number of methoxy groups -OCH3 is 1. The van der Waals surface area contributed by atoms with E-state index in [0.29, 0.717) is 22.2 Å². The minimum Gasteiger partial charge on any atom is -0.493 e. The molecule has 0 saturated heterocycles. The molecular formula is C18H15N3O3S. The number of carbonyl (C=O) groups excluding carboxylic acids is 1. The van der Waals surface area contributed by atoms with Crippen LogP contribution in [0.2, 0.25) is 0 Å². The lowest BCUT2D eigenvalue weighted by Gasteiger charge is -2.09. The van der Waals surface area contributed by atoms with Crippen molar-refractivity contribution in [3.63, 3.8) is 0 Å². The Balaban J connectivity index is 1.71. The second-order valence-corrected chi connectivity index (χ2v) is 5.77. The van der Waals surface area contributed by atoms with Crippen LogP contribution >= 0.6 is 11.3 Å². The van der Waals surface area contributed by atoms with Crippen LogP contribution in [0.3, 0.4) is 0 Å². The third kappa shape index (κ3) is 4.42. The fraction of sp³-hybridized carbons (Fsp3) is 0.0556. The molecule has 0 saturated carbocycles. The molecule has 1 N–H and O–H groups in total. The van der Waals surface area contributed by atoms with Gasteiger partial charge in [-0.1, -0.05) is 18.2 Å². The highest BCUT2D eigenvalue weighted by Gasteiger charge is 2.12. The van der Waals surface area contributed by atoms with Gasteiger partial charge in [-0.3, -0.25) is 5.43 Å². The van der Waals surface area contributed by atoms with Gasteiger partial charge in [0.2, 0.25) is 5.13 Å². The predicted molar refractivity (Wildman–Crippen MR) is 97.7 cm³/mol. The first-order valence-electron chi connectivity index (χ1n) is 7.40. The normalized spacial score (nSPS) is 10.6. The summed E-state index contributed by atoms with van der Waals surface area (Å²) < 4.78 is 10.7. The Morgan fingerprint density at radius 2 is 2.04 bits per heavy atom. The van der Waals surface area contributed by atoms with Crippen molar-refractivity contribution >= 4 is 28.7 Å². The van der Waals surface area contributed by atoms with Crippen molar-refractivity contribution in [3.8, 4) is 11.5 Å². The monoisotopic (exact) mass is 353 g/mol. The predicted octanol–water partition coefficient (Wildman–Crippen LogP) is 3.82. The molecule has 3 aromatic rings. The highest BCUT2D eigenvalue weighted by molar-refractivity contribution is 7.13. The third-order valence-corrected chi connectivity index (χ3v) is 3.88. The minimum absolute atomic E-state index is 0.349. The fourth-order valence-corrected chi connectivity index (χ4v) is 2.50. The van der Waals surface area contributed by atoms with Crippen molar-refractivity contribution in [2.45, 2.75) is 0 Å².